The summed E-state index contributed by atoms with van der Waals surface area (Å²) in [5.41, 5.74) is 1.17. The van der Waals surface area contributed by atoms with E-state index in [1.807, 2.05) is 0 Å². The van der Waals surface area contributed by atoms with E-state index in [0.717, 1.165) is 5.92 Å². The van der Waals surface area contributed by atoms with Gasteiger partial charge in [0.1, 0.15) is 0 Å². The third-order valence-corrected chi connectivity index (χ3v) is 6.44. The second kappa shape index (κ2) is 3.91. The Morgan fingerprint density at radius 3 is 2.94 bits per heavy atom. The molecule has 3 fully saturated rings. The lowest BCUT2D eigenvalue weighted by Crippen LogP contribution is -2.52. The van der Waals surface area contributed by atoms with E-state index in [1.165, 1.54) is 57.2 Å². The molecular weight excluding hydrogens is 214 g/mol. The molecule has 1 saturated carbocycles. The molecule has 0 spiro atoms. The molecule has 0 aromatic heterocycles. The molecule has 92 valence electrons. The van der Waals surface area contributed by atoms with E-state index in [9.17, 15) is 0 Å². The maximum Gasteiger partial charge on any atom is 0.0309 e. The summed E-state index contributed by atoms with van der Waals surface area (Å²) >= 11 is 2.07. The van der Waals surface area contributed by atoms with Crippen molar-refractivity contribution in [3.05, 3.63) is 0 Å². The summed E-state index contributed by atoms with van der Waals surface area (Å²) in [6, 6.07) is 0. The highest BCUT2D eigenvalue weighted by Crippen LogP contribution is 2.56. The summed E-state index contributed by atoms with van der Waals surface area (Å²) < 4.78 is 0. The van der Waals surface area contributed by atoms with Crippen molar-refractivity contribution in [1.29, 1.82) is 0 Å². The van der Waals surface area contributed by atoms with Crippen molar-refractivity contribution in [3.63, 3.8) is 0 Å². The van der Waals surface area contributed by atoms with E-state index in [4.69, 9.17) is 0 Å². The van der Waals surface area contributed by atoms with Crippen molar-refractivity contribution >= 4 is 11.8 Å². The molecular formula is C14H25NS. The smallest absolute Gasteiger partial charge is 0.0309 e. The molecule has 0 bridgehead atoms. The molecule has 1 nitrogen and oxygen atoms in total. The van der Waals surface area contributed by atoms with E-state index in [-0.39, 0.29) is 0 Å². The van der Waals surface area contributed by atoms with Gasteiger partial charge >= 0.3 is 0 Å². The topological polar surface area (TPSA) is 3.24 Å². The summed E-state index contributed by atoms with van der Waals surface area (Å²) in [4.78, 5) is 2.94. The quantitative estimate of drug-likeness (QED) is 0.725. The highest BCUT2D eigenvalue weighted by Gasteiger charge is 2.59. The first-order chi connectivity index (χ1) is 7.71. The first kappa shape index (κ1) is 11.4. The lowest BCUT2D eigenvalue weighted by Gasteiger charge is -2.44. The Hall–Kier alpha value is 0.310. The Kier molecular flexibility index (Phi) is 2.79. The van der Waals surface area contributed by atoms with Crippen LogP contribution in [0.15, 0.2) is 0 Å². The number of thioether (sulfide) groups is 1. The molecule has 2 aliphatic heterocycles. The zero-order valence-corrected chi connectivity index (χ0v) is 11.6. The van der Waals surface area contributed by atoms with E-state index in [2.05, 4.69) is 29.8 Å². The van der Waals surface area contributed by atoms with Crippen LogP contribution >= 0.6 is 11.8 Å². The molecule has 3 rings (SSSR count). The van der Waals surface area contributed by atoms with Gasteiger partial charge in [0.25, 0.3) is 0 Å². The standard InChI is InChI=1S/C14H25NS/c1-13-7-4-3-6-12(13)10-14(11-16-2)8-5-9-15(13)14/h12H,3-11H2,1-2H3. The van der Waals surface area contributed by atoms with Gasteiger partial charge in [-0.3, -0.25) is 4.90 Å². The third-order valence-electron chi connectivity index (χ3n) is 5.62. The van der Waals surface area contributed by atoms with Crippen LogP contribution in [-0.4, -0.2) is 34.5 Å². The summed E-state index contributed by atoms with van der Waals surface area (Å²) in [6.45, 7) is 3.96. The van der Waals surface area contributed by atoms with Crippen LogP contribution in [0.5, 0.6) is 0 Å². The molecule has 3 unspecified atom stereocenters. The van der Waals surface area contributed by atoms with Crippen LogP contribution in [0.25, 0.3) is 0 Å². The SMILES string of the molecule is CSCC12CCCN1C1(C)CCCCC1C2. The summed E-state index contributed by atoms with van der Waals surface area (Å²) in [5.74, 6) is 2.38. The van der Waals surface area contributed by atoms with Gasteiger partial charge < -0.3 is 0 Å². The van der Waals surface area contributed by atoms with Crippen LogP contribution < -0.4 is 0 Å². The fourth-order valence-electron chi connectivity index (χ4n) is 4.95. The van der Waals surface area contributed by atoms with Gasteiger partial charge in [0, 0.05) is 16.8 Å². The molecule has 2 heterocycles. The summed E-state index contributed by atoms with van der Waals surface area (Å²) in [6.07, 6.45) is 12.6. The lowest BCUT2D eigenvalue weighted by molar-refractivity contribution is 0.0565. The second-order valence-electron chi connectivity index (χ2n) is 6.42. The third kappa shape index (κ3) is 1.42. The molecule has 0 amide bonds. The minimum Gasteiger partial charge on any atom is -0.291 e. The maximum absolute atomic E-state index is 2.94. The van der Waals surface area contributed by atoms with Gasteiger partial charge in [-0.15, -0.1) is 0 Å². The second-order valence-corrected chi connectivity index (χ2v) is 7.28. The van der Waals surface area contributed by atoms with Crippen molar-refractivity contribution in [2.45, 2.75) is 62.9 Å². The van der Waals surface area contributed by atoms with Gasteiger partial charge in [0.05, 0.1) is 0 Å². The van der Waals surface area contributed by atoms with Gasteiger partial charge in [-0.25, -0.2) is 0 Å². The molecule has 0 aromatic rings. The van der Waals surface area contributed by atoms with Crippen molar-refractivity contribution in [3.8, 4) is 0 Å². The molecule has 3 aliphatic rings. The Bertz CT molecular complexity index is 280. The van der Waals surface area contributed by atoms with Gasteiger partial charge in [0.15, 0.2) is 0 Å². The fourth-order valence-corrected chi connectivity index (χ4v) is 5.91. The molecule has 2 heteroatoms. The minimum atomic E-state index is 0.574. The van der Waals surface area contributed by atoms with Crippen LogP contribution in [0.3, 0.4) is 0 Å². The predicted octanol–water partition coefficient (Wildman–Crippen LogP) is 3.54. The van der Waals surface area contributed by atoms with Gasteiger partial charge in [-0.1, -0.05) is 12.8 Å². The van der Waals surface area contributed by atoms with E-state index in [1.54, 1.807) is 0 Å². The van der Waals surface area contributed by atoms with Gasteiger partial charge in [-0.2, -0.15) is 11.8 Å². The van der Waals surface area contributed by atoms with Gasteiger partial charge in [0.2, 0.25) is 0 Å². The van der Waals surface area contributed by atoms with Crippen molar-refractivity contribution in [1.82, 2.24) is 4.90 Å². The van der Waals surface area contributed by atoms with Crippen LogP contribution in [-0.2, 0) is 0 Å². The van der Waals surface area contributed by atoms with Crippen LogP contribution in [0.4, 0.5) is 0 Å². The summed E-state index contributed by atoms with van der Waals surface area (Å²) in [7, 11) is 0. The number of nitrogens with zero attached hydrogens (tertiary/aromatic N) is 1. The molecule has 1 aliphatic carbocycles. The largest absolute Gasteiger partial charge is 0.291 e. The molecule has 0 N–H and O–H groups in total. The minimum absolute atomic E-state index is 0.574. The Balaban J connectivity index is 1.91. The van der Waals surface area contributed by atoms with Crippen molar-refractivity contribution in [2.24, 2.45) is 5.92 Å². The number of fused-ring (bicyclic) bond motifs is 3. The number of rotatable bonds is 2. The zero-order valence-electron chi connectivity index (χ0n) is 10.8. The molecule has 3 atom stereocenters. The van der Waals surface area contributed by atoms with Crippen LogP contribution in [0.2, 0.25) is 0 Å². The highest BCUT2D eigenvalue weighted by molar-refractivity contribution is 7.98. The number of hydrogen-bond acceptors (Lipinski definition) is 2. The van der Waals surface area contributed by atoms with Crippen LogP contribution in [0, 0.1) is 5.92 Å². The Morgan fingerprint density at radius 1 is 1.25 bits per heavy atom. The average molecular weight is 239 g/mol. The average Bonchev–Trinajstić information content (AvgIpc) is 2.75. The van der Waals surface area contributed by atoms with Crippen molar-refractivity contribution < 1.29 is 0 Å². The number of hydrogen-bond donors (Lipinski definition) is 0. The summed E-state index contributed by atoms with van der Waals surface area (Å²) in [5, 5.41) is 0. The Labute approximate surface area is 104 Å². The van der Waals surface area contributed by atoms with E-state index < -0.39 is 0 Å². The zero-order chi connectivity index (χ0) is 11.2. The maximum atomic E-state index is 2.94. The monoisotopic (exact) mass is 239 g/mol. The van der Waals surface area contributed by atoms with E-state index in [0.29, 0.717) is 11.1 Å². The molecule has 2 saturated heterocycles. The molecule has 16 heavy (non-hydrogen) atoms. The van der Waals surface area contributed by atoms with E-state index >= 15 is 0 Å². The normalized spacial score (nSPS) is 48.0. The molecule has 0 aromatic carbocycles. The Morgan fingerprint density at radius 2 is 2.12 bits per heavy atom. The first-order valence-corrected chi connectivity index (χ1v) is 8.37. The molecule has 0 radical (unpaired) electrons. The van der Waals surface area contributed by atoms with Gasteiger partial charge in [-0.05, 0) is 57.7 Å². The van der Waals surface area contributed by atoms with Crippen molar-refractivity contribution in [2.75, 3.05) is 18.6 Å². The first-order valence-electron chi connectivity index (χ1n) is 6.98. The highest BCUT2D eigenvalue weighted by atomic mass is 32.2. The lowest BCUT2D eigenvalue weighted by atomic mass is 9.73. The fraction of sp³-hybridized carbons (Fsp3) is 1.00. The predicted molar refractivity (Wildman–Crippen MR) is 72.0 cm³/mol. The van der Waals surface area contributed by atoms with Crippen LogP contribution in [0.1, 0.15) is 51.9 Å².